The van der Waals surface area contributed by atoms with Gasteiger partial charge in [-0.15, -0.1) is 0 Å². The van der Waals surface area contributed by atoms with Gasteiger partial charge in [0.05, 0.1) is 11.3 Å². The molecule has 154 valence electrons. The number of anilines is 1. The molecule has 29 heavy (non-hydrogen) atoms. The topological polar surface area (TPSA) is 42.2 Å². The summed E-state index contributed by atoms with van der Waals surface area (Å²) in [5.74, 6) is -2.33. The molecule has 9 heteroatoms. The third-order valence-corrected chi connectivity index (χ3v) is 5.20. The number of halogens is 5. The number of fused-ring (bicyclic) bond motifs is 1. The fourth-order valence-electron chi connectivity index (χ4n) is 3.54. The number of nitrogens with one attached hydrogen (secondary N) is 1. The Hall–Kier alpha value is -2.71. The summed E-state index contributed by atoms with van der Waals surface area (Å²) in [7, 11) is 0. The molecule has 1 aromatic carbocycles. The maximum absolute atomic E-state index is 13.1. The van der Waals surface area contributed by atoms with Crippen molar-refractivity contribution in [3.8, 4) is 0 Å². The highest BCUT2D eigenvalue weighted by Gasteiger charge is 2.45. The SMILES string of the molecule is Cc1cc(NC2CC(F)(F)C2)n2nc(C(C)c3ccc(C(F)(F)F)cc3)cc2n1. The van der Waals surface area contributed by atoms with Crippen LogP contribution in [0.25, 0.3) is 5.65 Å². The molecule has 0 saturated heterocycles. The lowest BCUT2D eigenvalue weighted by atomic mass is 9.88. The summed E-state index contributed by atoms with van der Waals surface area (Å²) in [6, 6.07) is 8.13. The molecule has 4 rings (SSSR count). The van der Waals surface area contributed by atoms with Gasteiger partial charge in [0.25, 0.3) is 5.92 Å². The van der Waals surface area contributed by atoms with E-state index in [0.717, 1.165) is 12.1 Å². The van der Waals surface area contributed by atoms with Gasteiger partial charge >= 0.3 is 6.18 Å². The standard InChI is InChI=1S/C20H19F5N4/c1-11-7-17(27-15-9-19(21,22)10-15)29-18(26-11)8-16(28-29)12(2)13-3-5-14(6-4-13)20(23,24)25/h3-8,12,15,27H,9-10H2,1-2H3. The second kappa shape index (κ2) is 6.67. The summed E-state index contributed by atoms with van der Waals surface area (Å²) in [5.41, 5.74) is 1.87. The number of hydrogen-bond donors (Lipinski definition) is 1. The van der Waals surface area contributed by atoms with Gasteiger partial charge in [-0.2, -0.15) is 22.8 Å². The molecule has 1 aliphatic carbocycles. The predicted molar refractivity (Wildman–Crippen MR) is 98.3 cm³/mol. The van der Waals surface area contributed by atoms with Gasteiger partial charge in [-0.1, -0.05) is 19.1 Å². The van der Waals surface area contributed by atoms with E-state index in [4.69, 9.17) is 0 Å². The maximum atomic E-state index is 13.1. The molecule has 1 unspecified atom stereocenters. The molecule has 4 nitrogen and oxygen atoms in total. The van der Waals surface area contributed by atoms with Crippen molar-refractivity contribution in [2.24, 2.45) is 0 Å². The van der Waals surface area contributed by atoms with Crippen LogP contribution in [0.15, 0.2) is 36.4 Å². The van der Waals surface area contributed by atoms with Gasteiger partial charge in [0.1, 0.15) is 5.82 Å². The molecule has 0 amide bonds. The highest BCUT2D eigenvalue weighted by Crippen LogP contribution is 2.39. The minimum Gasteiger partial charge on any atom is -0.367 e. The van der Waals surface area contributed by atoms with Gasteiger partial charge in [0, 0.05) is 42.6 Å². The Kier molecular flexibility index (Phi) is 4.51. The lowest BCUT2D eigenvalue weighted by Crippen LogP contribution is -2.44. The summed E-state index contributed by atoms with van der Waals surface area (Å²) in [6.07, 6.45) is -4.84. The zero-order chi connectivity index (χ0) is 21.0. The second-order valence-electron chi connectivity index (χ2n) is 7.57. The molecular formula is C20H19F5N4. The van der Waals surface area contributed by atoms with Crippen LogP contribution in [0.5, 0.6) is 0 Å². The molecule has 1 aliphatic rings. The lowest BCUT2D eigenvalue weighted by molar-refractivity contribution is -0.137. The Balaban J connectivity index is 1.62. The van der Waals surface area contributed by atoms with Crippen LogP contribution in [0, 0.1) is 6.92 Å². The first-order chi connectivity index (χ1) is 13.5. The van der Waals surface area contributed by atoms with Crippen LogP contribution in [-0.2, 0) is 6.18 Å². The Morgan fingerprint density at radius 3 is 2.38 bits per heavy atom. The summed E-state index contributed by atoms with van der Waals surface area (Å²) in [4.78, 5) is 4.42. The molecule has 0 aliphatic heterocycles. The summed E-state index contributed by atoms with van der Waals surface area (Å²) in [6.45, 7) is 3.64. The molecule has 1 atom stereocenters. The molecule has 0 spiro atoms. The highest BCUT2D eigenvalue weighted by molar-refractivity contribution is 5.52. The van der Waals surface area contributed by atoms with Crippen molar-refractivity contribution < 1.29 is 22.0 Å². The van der Waals surface area contributed by atoms with Gasteiger partial charge in [-0.3, -0.25) is 0 Å². The molecule has 0 bridgehead atoms. The molecule has 3 aromatic rings. The van der Waals surface area contributed by atoms with Crippen LogP contribution in [0.3, 0.4) is 0 Å². The summed E-state index contributed by atoms with van der Waals surface area (Å²) < 4.78 is 66.2. The van der Waals surface area contributed by atoms with E-state index < -0.39 is 17.7 Å². The number of aromatic nitrogens is 3. The maximum Gasteiger partial charge on any atom is 0.416 e. The van der Waals surface area contributed by atoms with Gasteiger partial charge in [-0.25, -0.2) is 13.8 Å². The third kappa shape index (κ3) is 3.90. The smallest absolute Gasteiger partial charge is 0.367 e. The number of benzene rings is 1. The van der Waals surface area contributed by atoms with Crippen molar-refractivity contribution in [3.63, 3.8) is 0 Å². The van der Waals surface area contributed by atoms with Crippen molar-refractivity contribution in [3.05, 3.63) is 58.9 Å². The van der Waals surface area contributed by atoms with Crippen molar-refractivity contribution >= 4 is 11.5 Å². The normalized spacial score (nSPS) is 17.9. The second-order valence-corrected chi connectivity index (χ2v) is 7.57. The van der Waals surface area contributed by atoms with Crippen LogP contribution in [-0.4, -0.2) is 26.6 Å². The molecule has 2 aromatic heterocycles. The van der Waals surface area contributed by atoms with Gasteiger partial charge in [-0.05, 0) is 24.6 Å². The summed E-state index contributed by atoms with van der Waals surface area (Å²) >= 11 is 0. The number of rotatable bonds is 4. The molecule has 1 N–H and O–H groups in total. The first kappa shape index (κ1) is 19.6. The average Bonchev–Trinajstić information content (AvgIpc) is 3.03. The quantitative estimate of drug-likeness (QED) is 0.584. The first-order valence-corrected chi connectivity index (χ1v) is 9.21. The molecule has 1 fully saturated rings. The molecule has 1 saturated carbocycles. The van der Waals surface area contributed by atoms with Gasteiger partial charge < -0.3 is 5.32 Å². The summed E-state index contributed by atoms with van der Waals surface area (Å²) in [5, 5.41) is 7.62. The lowest BCUT2D eigenvalue weighted by Gasteiger charge is -2.35. The van der Waals surface area contributed by atoms with E-state index in [9.17, 15) is 22.0 Å². The van der Waals surface area contributed by atoms with Crippen molar-refractivity contribution in [1.82, 2.24) is 14.6 Å². The number of alkyl halides is 5. The van der Waals surface area contributed by atoms with Crippen LogP contribution >= 0.6 is 0 Å². The first-order valence-electron chi connectivity index (χ1n) is 9.21. The van der Waals surface area contributed by atoms with Gasteiger partial charge in [0.15, 0.2) is 5.65 Å². The van der Waals surface area contributed by atoms with E-state index in [1.807, 2.05) is 6.92 Å². The van der Waals surface area contributed by atoms with E-state index in [0.29, 0.717) is 28.4 Å². The predicted octanol–water partition coefficient (Wildman–Crippen LogP) is 5.42. The van der Waals surface area contributed by atoms with E-state index in [1.54, 1.807) is 23.6 Å². The Labute approximate surface area is 163 Å². The Morgan fingerprint density at radius 2 is 1.79 bits per heavy atom. The van der Waals surface area contributed by atoms with E-state index in [2.05, 4.69) is 15.4 Å². The minimum absolute atomic E-state index is 0.230. The number of nitrogens with zero attached hydrogens (tertiary/aromatic N) is 3. The van der Waals surface area contributed by atoms with Crippen LogP contribution in [0.4, 0.5) is 27.8 Å². The fourth-order valence-corrected chi connectivity index (χ4v) is 3.54. The van der Waals surface area contributed by atoms with Crippen LogP contribution < -0.4 is 5.32 Å². The fraction of sp³-hybridized carbons (Fsp3) is 0.400. The largest absolute Gasteiger partial charge is 0.416 e. The van der Waals surface area contributed by atoms with Crippen LogP contribution in [0.1, 0.15) is 48.2 Å². The highest BCUT2D eigenvalue weighted by atomic mass is 19.4. The van der Waals surface area contributed by atoms with Gasteiger partial charge in [0.2, 0.25) is 0 Å². The minimum atomic E-state index is -4.38. The zero-order valence-corrected chi connectivity index (χ0v) is 15.8. The Bertz CT molecular complexity index is 1030. The molecule has 2 heterocycles. The molecular weight excluding hydrogens is 391 g/mol. The average molecular weight is 410 g/mol. The number of hydrogen-bond acceptors (Lipinski definition) is 3. The van der Waals surface area contributed by atoms with E-state index in [-0.39, 0.29) is 24.8 Å². The van der Waals surface area contributed by atoms with Crippen molar-refractivity contribution in [2.75, 3.05) is 5.32 Å². The van der Waals surface area contributed by atoms with E-state index >= 15 is 0 Å². The zero-order valence-electron chi connectivity index (χ0n) is 15.8. The van der Waals surface area contributed by atoms with E-state index in [1.165, 1.54) is 12.1 Å². The Morgan fingerprint density at radius 1 is 1.14 bits per heavy atom. The van der Waals surface area contributed by atoms with Crippen LogP contribution in [0.2, 0.25) is 0 Å². The van der Waals surface area contributed by atoms with Crippen molar-refractivity contribution in [1.29, 1.82) is 0 Å². The monoisotopic (exact) mass is 410 g/mol. The molecule has 0 radical (unpaired) electrons. The van der Waals surface area contributed by atoms with Crippen molar-refractivity contribution in [2.45, 2.75) is 50.7 Å². The third-order valence-electron chi connectivity index (χ3n) is 5.20. The number of aryl methyl sites for hydroxylation is 1.